The third-order valence-corrected chi connectivity index (χ3v) is 8.07. The number of hydrogen-bond donors (Lipinski definition) is 0. The van der Waals surface area contributed by atoms with Gasteiger partial charge in [-0.15, -0.1) is 0 Å². The molecule has 0 radical (unpaired) electrons. The van der Waals surface area contributed by atoms with Crippen molar-refractivity contribution in [2.45, 2.75) is 70.3 Å². The van der Waals surface area contributed by atoms with E-state index in [1.54, 1.807) is 0 Å². The van der Waals surface area contributed by atoms with E-state index in [0.717, 1.165) is 27.8 Å². The minimum atomic E-state index is -0.522. The maximum atomic E-state index is 12.2. The van der Waals surface area contributed by atoms with Crippen LogP contribution in [0.25, 0.3) is 0 Å². The van der Waals surface area contributed by atoms with Crippen LogP contribution in [0.15, 0.2) is 133 Å². The van der Waals surface area contributed by atoms with Crippen LogP contribution >= 0.6 is 0 Å². The van der Waals surface area contributed by atoms with Gasteiger partial charge in [0, 0.05) is 6.08 Å². The van der Waals surface area contributed by atoms with Crippen molar-refractivity contribution >= 4 is 5.97 Å². The lowest BCUT2D eigenvalue weighted by Crippen LogP contribution is -2.61. The predicted molar refractivity (Wildman–Crippen MR) is 180 cm³/mol. The van der Waals surface area contributed by atoms with E-state index in [4.69, 9.17) is 28.4 Å². The molecule has 47 heavy (non-hydrogen) atoms. The second-order valence-corrected chi connectivity index (χ2v) is 11.7. The van der Waals surface area contributed by atoms with Crippen LogP contribution in [0.5, 0.6) is 0 Å². The van der Waals surface area contributed by atoms with Crippen LogP contribution in [0.3, 0.4) is 0 Å². The van der Waals surface area contributed by atoms with E-state index in [0.29, 0.717) is 32.8 Å². The van der Waals surface area contributed by atoms with Gasteiger partial charge in [0.1, 0.15) is 24.4 Å². The summed E-state index contributed by atoms with van der Waals surface area (Å²) in [5, 5.41) is 0. The molecule has 0 N–H and O–H groups in total. The Balaban J connectivity index is 1.46. The zero-order chi connectivity index (χ0) is 32.7. The van der Waals surface area contributed by atoms with Crippen LogP contribution in [-0.4, -0.2) is 50.2 Å². The van der Waals surface area contributed by atoms with E-state index in [1.165, 1.54) is 13.2 Å². The minimum Gasteiger partial charge on any atom is -0.466 e. The monoisotopic (exact) mass is 636 g/mol. The number of carbonyl (C=O) groups is 1. The van der Waals surface area contributed by atoms with Gasteiger partial charge in [-0.3, -0.25) is 0 Å². The fourth-order valence-electron chi connectivity index (χ4n) is 5.69. The third-order valence-electron chi connectivity index (χ3n) is 8.07. The smallest absolute Gasteiger partial charge is 0.330 e. The van der Waals surface area contributed by atoms with Gasteiger partial charge in [-0.05, 0) is 35.6 Å². The molecular formula is C40H44O7. The van der Waals surface area contributed by atoms with Gasteiger partial charge >= 0.3 is 5.97 Å². The van der Waals surface area contributed by atoms with Gasteiger partial charge in [0.05, 0.1) is 46.2 Å². The topological polar surface area (TPSA) is 72.5 Å². The summed E-state index contributed by atoms with van der Waals surface area (Å²) in [5.74, 6) is -0.413. The second-order valence-electron chi connectivity index (χ2n) is 11.7. The zero-order valence-electron chi connectivity index (χ0n) is 27.1. The standard InChI is InChI=1S/C40H44O7/c1-30(24-37(41)42-2)23-35-38(44-26-32-17-9-4-10-18-32)40(46-28-34-21-13-6-14-22-34)39(45-27-33-19-11-5-12-20-33)36(47-35)29-43-25-31-15-7-3-8-16-31/h3-22,24,35-36,38-40H,23,25-29H2,1-2H3/b30-24-/t35-,36-,38+,39-,40-/m1/s1. The highest BCUT2D eigenvalue weighted by Crippen LogP contribution is 2.33. The highest BCUT2D eigenvalue weighted by Gasteiger charge is 2.48. The molecule has 0 aliphatic carbocycles. The van der Waals surface area contributed by atoms with Gasteiger partial charge in [-0.1, -0.05) is 127 Å². The first-order valence-corrected chi connectivity index (χ1v) is 16.1. The molecule has 7 nitrogen and oxygen atoms in total. The molecule has 4 aromatic carbocycles. The fourth-order valence-corrected chi connectivity index (χ4v) is 5.69. The molecule has 0 bridgehead atoms. The first-order valence-electron chi connectivity index (χ1n) is 16.1. The molecule has 1 heterocycles. The predicted octanol–water partition coefficient (Wildman–Crippen LogP) is 7.24. The van der Waals surface area contributed by atoms with Gasteiger partial charge in [-0.25, -0.2) is 4.79 Å². The number of ether oxygens (including phenoxy) is 6. The second kappa shape index (κ2) is 18.3. The Morgan fingerprint density at radius 2 is 1.00 bits per heavy atom. The summed E-state index contributed by atoms with van der Waals surface area (Å²) in [7, 11) is 1.37. The third kappa shape index (κ3) is 10.7. The van der Waals surface area contributed by atoms with E-state index in [9.17, 15) is 4.79 Å². The molecule has 0 amide bonds. The molecular weight excluding hydrogens is 592 g/mol. The Morgan fingerprint density at radius 3 is 1.45 bits per heavy atom. The Kier molecular flexibility index (Phi) is 13.3. The normalized spacial score (nSPS) is 21.3. The van der Waals surface area contributed by atoms with Crippen LogP contribution in [0, 0.1) is 0 Å². The molecule has 1 fully saturated rings. The lowest BCUT2D eigenvalue weighted by Gasteiger charge is -2.46. The molecule has 0 aromatic heterocycles. The van der Waals surface area contributed by atoms with Crippen molar-refractivity contribution in [3.05, 3.63) is 155 Å². The van der Waals surface area contributed by atoms with Crippen molar-refractivity contribution in [3.63, 3.8) is 0 Å². The summed E-state index contributed by atoms with van der Waals surface area (Å²) >= 11 is 0. The molecule has 1 aliphatic rings. The SMILES string of the molecule is COC(=O)/C=C(/C)C[C@H]1O[C@H](COCc2ccccc2)[C@@H](OCc2ccccc2)[C@H](OCc2ccccc2)[C@H]1OCc1ccccc1. The summed E-state index contributed by atoms with van der Waals surface area (Å²) < 4.78 is 38.2. The average molecular weight is 637 g/mol. The quantitative estimate of drug-likeness (QED) is 0.0949. The van der Waals surface area contributed by atoms with Crippen molar-refractivity contribution in [2.24, 2.45) is 0 Å². The highest BCUT2D eigenvalue weighted by atomic mass is 16.6. The average Bonchev–Trinajstić information content (AvgIpc) is 3.11. The Hall–Kier alpha value is -4.11. The summed E-state index contributed by atoms with van der Waals surface area (Å²) in [6.07, 6.45) is -0.560. The number of esters is 1. The summed E-state index contributed by atoms with van der Waals surface area (Å²) in [6.45, 7) is 3.70. The molecule has 5 atom stereocenters. The maximum absolute atomic E-state index is 12.2. The first-order chi connectivity index (χ1) is 23.1. The van der Waals surface area contributed by atoms with Gasteiger partial charge < -0.3 is 28.4 Å². The van der Waals surface area contributed by atoms with Crippen molar-refractivity contribution in [1.29, 1.82) is 0 Å². The number of carbonyl (C=O) groups excluding carboxylic acids is 1. The summed E-state index contributed by atoms with van der Waals surface area (Å²) in [6, 6.07) is 40.2. The van der Waals surface area contributed by atoms with Crippen LogP contribution < -0.4 is 0 Å². The minimum absolute atomic E-state index is 0.279. The lowest BCUT2D eigenvalue weighted by molar-refractivity contribution is -0.272. The van der Waals surface area contributed by atoms with Gasteiger partial charge in [0.25, 0.3) is 0 Å². The number of rotatable bonds is 16. The van der Waals surface area contributed by atoms with Crippen LogP contribution in [0.1, 0.15) is 35.6 Å². The Labute approximate surface area is 278 Å². The maximum Gasteiger partial charge on any atom is 0.330 e. The van der Waals surface area contributed by atoms with Gasteiger partial charge in [0.2, 0.25) is 0 Å². The Morgan fingerprint density at radius 1 is 0.596 bits per heavy atom. The van der Waals surface area contributed by atoms with Crippen molar-refractivity contribution in [2.75, 3.05) is 13.7 Å². The number of hydrogen-bond acceptors (Lipinski definition) is 7. The molecule has 246 valence electrons. The van der Waals surface area contributed by atoms with Gasteiger partial charge in [0.15, 0.2) is 0 Å². The molecule has 0 unspecified atom stereocenters. The van der Waals surface area contributed by atoms with Crippen molar-refractivity contribution in [1.82, 2.24) is 0 Å². The molecule has 5 rings (SSSR count). The summed E-state index contributed by atoms with van der Waals surface area (Å²) in [5.41, 5.74) is 4.99. The first kappa shape index (κ1) is 34.2. The molecule has 1 aliphatic heterocycles. The van der Waals surface area contributed by atoms with E-state index in [-0.39, 0.29) is 6.61 Å². The molecule has 0 saturated carbocycles. The van der Waals surface area contributed by atoms with Crippen molar-refractivity contribution in [3.8, 4) is 0 Å². The highest BCUT2D eigenvalue weighted by molar-refractivity contribution is 5.82. The number of methoxy groups -OCH3 is 1. The zero-order valence-corrected chi connectivity index (χ0v) is 27.1. The Bertz CT molecular complexity index is 1500. The van der Waals surface area contributed by atoms with Crippen LogP contribution in [-0.2, 0) is 59.6 Å². The fraction of sp³-hybridized carbons (Fsp3) is 0.325. The summed E-state index contributed by atoms with van der Waals surface area (Å²) in [4.78, 5) is 12.2. The molecule has 1 saturated heterocycles. The molecule has 0 spiro atoms. The van der Waals surface area contributed by atoms with E-state index < -0.39 is 36.5 Å². The van der Waals surface area contributed by atoms with E-state index >= 15 is 0 Å². The largest absolute Gasteiger partial charge is 0.466 e. The van der Waals surface area contributed by atoms with E-state index in [1.807, 2.05) is 128 Å². The lowest BCUT2D eigenvalue weighted by atomic mass is 9.90. The van der Waals surface area contributed by atoms with Gasteiger partial charge in [-0.2, -0.15) is 0 Å². The molecule has 7 heteroatoms. The molecule has 4 aromatic rings. The van der Waals surface area contributed by atoms with Crippen LogP contribution in [0.4, 0.5) is 0 Å². The van der Waals surface area contributed by atoms with Crippen molar-refractivity contribution < 1.29 is 33.2 Å². The van der Waals surface area contributed by atoms with E-state index in [2.05, 4.69) is 0 Å². The van der Waals surface area contributed by atoms with Crippen LogP contribution in [0.2, 0.25) is 0 Å². The number of benzene rings is 4.